The van der Waals surface area contributed by atoms with Gasteiger partial charge in [-0.2, -0.15) is 9.40 Å². The maximum atomic E-state index is 12.7. The van der Waals surface area contributed by atoms with Crippen molar-refractivity contribution in [2.24, 2.45) is 0 Å². The number of nitrogens with zero attached hydrogens (tertiary/aromatic N) is 3. The first-order valence-corrected chi connectivity index (χ1v) is 7.65. The zero-order valence-electron chi connectivity index (χ0n) is 12.0. The van der Waals surface area contributed by atoms with Crippen LogP contribution < -0.4 is 0 Å². The first-order valence-electron chi connectivity index (χ1n) is 6.21. The largest absolute Gasteiger partial charge is 0.262 e. The van der Waals surface area contributed by atoms with Gasteiger partial charge in [0.1, 0.15) is 12.2 Å². The summed E-state index contributed by atoms with van der Waals surface area (Å²) in [6.07, 6.45) is 1.36. The van der Waals surface area contributed by atoms with E-state index in [1.54, 1.807) is 0 Å². The van der Waals surface area contributed by atoms with Crippen molar-refractivity contribution in [1.29, 1.82) is 0 Å². The molecule has 0 unspecified atom stereocenters. The van der Waals surface area contributed by atoms with Crippen LogP contribution in [0.25, 0.3) is 0 Å². The van der Waals surface area contributed by atoms with Crippen LogP contribution in [0.2, 0.25) is 0 Å². The van der Waals surface area contributed by atoms with Gasteiger partial charge in [0.2, 0.25) is 10.0 Å². The number of aromatic amines is 1. The van der Waals surface area contributed by atoms with E-state index >= 15 is 0 Å². The summed E-state index contributed by atoms with van der Waals surface area (Å²) in [4.78, 5) is 4.32. The molecule has 0 radical (unpaired) electrons. The summed E-state index contributed by atoms with van der Waals surface area (Å²) in [5.74, 6) is 0.512. The fraction of sp³-hybridized carbons (Fsp3) is 0.385. The fourth-order valence-corrected chi connectivity index (χ4v) is 3.87. The number of aryl methyl sites for hydroxylation is 3. The lowest BCUT2D eigenvalue weighted by molar-refractivity contribution is 0.456. The van der Waals surface area contributed by atoms with Crippen molar-refractivity contribution in [2.75, 3.05) is 7.05 Å². The van der Waals surface area contributed by atoms with E-state index < -0.39 is 10.0 Å². The van der Waals surface area contributed by atoms with Gasteiger partial charge in [0, 0.05) is 7.05 Å². The van der Waals surface area contributed by atoms with E-state index in [4.69, 9.17) is 0 Å². The number of hydrogen-bond acceptors (Lipinski definition) is 4. The van der Waals surface area contributed by atoms with Crippen LogP contribution in [-0.4, -0.2) is 35.0 Å². The highest BCUT2D eigenvalue weighted by atomic mass is 32.2. The van der Waals surface area contributed by atoms with Gasteiger partial charge in [0.15, 0.2) is 0 Å². The molecule has 7 heteroatoms. The van der Waals surface area contributed by atoms with Crippen LogP contribution in [-0.2, 0) is 16.6 Å². The summed E-state index contributed by atoms with van der Waals surface area (Å²) < 4.78 is 26.6. The maximum Gasteiger partial charge on any atom is 0.243 e. The van der Waals surface area contributed by atoms with Crippen LogP contribution in [0.4, 0.5) is 0 Å². The number of rotatable bonds is 4. The van der Waals surface area contributed by atoms with Crippen molar-refractivity contribution in [3.63, 3.8) is 0 Å². The number of H-pyrrole nitrogens is 1. The van der Waals surface area contributed by atoms with Gasteiger partial charge >= 0.3 is 0 Å². The minimum Gasteiger partial charge on any atom is -0.262 e. The highest BCUT2D eigenvalue weighted by Crippen LogP contribution is 2.25. The molecule has 0 aliphatic carbocycles. The molecule has 6 nitrogen and oxygen atoms in total. The van der Waals surface area contributed by atoms with Gasteiger partial charge in [-0.05, 0) is 31.9 Å². The molecule has 1 heterocycles. The standard InChI is InChI=1S/C13H18N4O2S/c1-9-5-10(2)13(11(3)6-9)20(18,19)17(4)7-12-14-8-15-16-12/h5-6,8H,7H2,1-4H3,(H,14,15,16). The third-order valence-electron chi connectivity index (χ3n) is 3.11. The average Bonchev–Trinajstić information content (AvgIpc) is 2.79. The lowest BCUT2D eigenvalue weighted by Crippen LogP contribution is -2.28. The molecule has 0 amide bonds. The van der Waals surface area contributed by atoms with Gasteiger partial charge in [0.25, 0.3) is 0 Å². The Morgan fingerprint density at radius 2 is 1.80 bits per heavy atom. The third kappa shape index (κ3) is 2.73. The van der Waals surface area contributed by atoms with Crippen molar-refractivity contribution in [3.8, 4) is 0 Å². The molecular weight excluding hydrogens is 276 g/mol. The molecule has 2 aromatic rings. The van der Waals surface area contributed by atoms with Gasteiger partial charge < -0.3 is 0 Å². The Balaban J connectivity index is 2.40. The van der Waals surface area contributed by atoms with Gasteiger partial charge in [0.05, 0.1) is 11.4 Å². The van der Waals surface area contributed by atoms with E-state index in [0.717, 1.165) is 16.7 Å². The molecule has 20 heavy (non-hydrogen) atoms. The summed E-state index contributed by atoms with van der Waals surface area (Å²) in [5.41, 5.74) is 2.57. The minimum absolute atomic E-state index is 0.162. The van der Waals surface area contributed by atoms with Crippen molar-refractivity contribution >= 4 is 10.0 Å². The predicted molar refractivity (Wildman–Crippen MR) is 75.7 cm³/mol. The first-order chi connectivity index (χ1) is 9.32. The Hall–Kier alpha value is -1.73. The Kier molecular flexibility index (Phi) is 3.92. The first kappa shape index (κ1) is 14.7. The molecule has 2 rings (SSSR count). The molecule has 0 atom stereocenters. The van der Waals surface area contributed by atoms with Crippen LogP contribution in [0.15, 0.2) is 23.4 Å². The number of aromatic nitrogens is 3. The van der Waals surface area contributed by atoms with Gasteiger partial charge in [-0.1, -0.05) is 17.7 Å². The molecule has 0 bridgehead atoms. The third-order valence-corrected chi connectivity index (χ3v) is 5.22. The summed E-state index contributed by atoms with van der Waals surface area (Å²) in [6, 6.07) is 3.75. The van der Waals surface area contributed by atoms with Gasteiger partial charge in [-0.3, -0.25) is 5.10 Å². The van der Waals surface area contributed by atoms with E-state index in [1.165, 1.54) is 17.7 Å². The zero-order valence-corrected chi connectivity index (χ0v) is 12.8. The summed E-state index contributed by atoms with van der Waals surface area (Å²) in [7, 11) is -2.01. The maximum absolute atomic E-state index is 12.7. The van der Waals surface area contributed by atoms with Crippen LogP contribution >= 0.6 is 0 Å². The highest BCUT2D eigenvalue weighted by molar-refractivity contribution is 7.89. The van der Waals surface area contributed by atoms with Crippen LogP contribution in [0.1, 0.15) is 22.5 Å². The predicted octanol–water partition coefficient (Wildman–Crippen LogP) is 1.55. The van der Waals surface area contributed by atoms with E-state index in [1.807, 2.05) is 32.9 Å². The molecule has 1 aromatic carbocycles. The monoisotopic (exact) mass is 294 g/mol. The smallest absolute Gasteiger partial charge is 0.243 e. The summed E-state index contributed by atoms with van der Waals surface area (Å²) in [5, 5.41) is 6.38. The molecule has 1 aromatic heterocycles. The highest BCUT2D eigenvalue weighted by Gasteiger charge is 2.25. The fourth-order valence-electron chi connectivity index (χ4n) is 2.33. The van der Waals surface area contributed by atoms with Crippen LogP contribution in [0.3, 0.4) is 0 Å². The SMILES string of the molecule is Cc1cc(C)c(S(=O)(=O)N(C)Cc2ncn[nH]2)c(C)c1. The Labute approximate surface area is 118 Å². The van der Waals surface area contributed by atoms with Crippen LogP contribution in [0, 0.1) is 20.8 Å². The average molecular weight is 294 g/mol. The number of hydrogen-bond donors (Lipinski definition) is 1. The Morgan fingerprint density at radius 1 is 1.20 bits per heavy atom. The number of sulfonamides is 1. The minimum atomic E-state index is -3.55. The lowest BCUT2D eigenvalue weighted by atomic mass is 10.1. The quantitative estimate of drug-likeness (QED) is 0.928. The van der Waals surface area contributed by atoms with E-state index in [9.17, 15) is 8.42 Å². The molecule has 1 N–H and O–H groups in total. The lowest BCUT2D eigenvalue weighted by Gasteiger charge is -2.19. The second-order valence-corrected chi connectivity index (χ2v) is 6.90. The van der Waals surface area contributed by atoms with E-state index in [0.29, 0.717) is 10.7 Å². The molecule has 0 fully saturated rings. The van der Waals surface area contributed by atoms with Crippen molar-refractivity contribution < 1.29 is 8.42 Å². The van der Waals surface area contributed by atoms with Crippen molar-refractivity contribution in [1.82, 2.24) is 19.5 Å². The summed E-state index contributed by atoms with van der Waals surface area (Å²) in [6.45, 7) is 5.74. The molecule has 0 saturated heterocycles. The van der Waals surface area contributed by atoms with Crippen molar-refractivity contribution in [3.05, 3.63) is 41.0 Å². The second-order valence-electron chi connectivity index (χ2n) is 4.92. The molecule has 108 valence electrons. The topological polar surface area (TPSA) is 79.0 Å². The Morgan fingerprint density at radius 3 is 2.30 bits per heavy atom. The van der Waals surface area contributed by atoms with Gasteiger partial charge in [-0.15, -0.1) is 0 Å². The molecule has 0 aliphatic rings. The van der Waals surface area contributed by atoms with Gasteiger partial charge in [-0.25, -0.2) is 13.4 Å². The molecular formula is C13H18N4O2S. The number of benzene rings is 1. The molecule has 0 saturated carbocycles. The van der Waals surface area contributed by atoms with E-state index in [2.05, 4.69) is 15.2 Å². The van der Waals surface area contributed by atoms with Crippen molar-refractivity contribution in [2.45, 2.75) is 32.2 Å². The molecule has 0 aliphatic heterocycles. The normalized spacial score (nSPS) is 12.1. The Bertz CT molecular complexity index is 685. The van der Waals surface area contributed by atoms with E-state index in [-0.39, 0.29) is 6.54 Å². The second kappa shape index (κ2) is 5.34. The molecule has 0 spiro atoms. The summed E-state index contributed by atoms with van der Waals surface area (Å²) >= 11 is 0. The number of nitrogens with one attached hydrogen (secondary N) is 1. The zero-order chi connectivity index (χ0) is 14.9. The van der Waals surface area contributed by atoms with Crippen LogP contribution in [0.5, 0.6) is 0 Å².